The van der Waals surface area contributed by atoms with E-state index in [1.807, 2.05) is 0 Å². The molecule has 0 aromatic rings. The maximum absolute atomic E-state index is 11.3. The van der Waals surface area contributed by atoms with Crippen molar-refractivity contribution in [1.29, 1.82) is 0 Å². The van der Waals surface area contributed by atoms with Crippen molar-refractivity contribution in [3.8, 4) is 0 Å². The summed E-state index contributed by atoms with van der Waals surface area (Å²) < 4.78 is 10.6. The number of likely N-dealkylation sites (N-methyl/N-ethyl adjacent to an activating group) is 1. The van der Waals surface area contributed by atoms with E-state index in [1.165, 1.54) is 26.4 Å². The van der Waals surface area contributed by atoms with Gasteiger partial charge in [0.05, 0.1) is 13.2 Å². The second kappa shape index (κ2) is 7.67. The number of carbonyl (C=O) groups excluding carboxylic acids is 1. The van der Waals surface area contributed by atoms with E-state index in [0.717, 1.165) is 6.42 Å². The van der Waals surface area contributed by atoms with Crippen LogP contribution in [-0.4, -0.2) is 38.9 Å². The summed E-state index contributed by atoms with van der Waals surface area (Å²) in [5.41, 5.74) is 0. The van der Waals surface area contributed by atoms with Crippen LogP contribution < -0.4 is 5.32 Å². The van der Waals surface area contributed by atoms with Crippen LogP contribution in [-0.2, 0) is 14.3 Å². The van der Waals surface area contributed by atoms with Gasteiger partial charge in [0.1, 0.15) is 6.04 Å². The second-order valence-corrected chi connectivity index (χ2v) is 4.82. The second-order valence-electron chi connectivity index (χ2n) is 4.82. The molecule has 0 aromatic carbocycles. The van der Waals surface area contributed by atoms with Crippen LogP contribution in [0.5, 0.6) is 0 Å². The third kappa shape index (κ3) is 4.64. The number of ether oxygens (including phenoxy) is 2. The summed E-state index contributed by atoms with van der Waals surface area (Å²) in [5.74, 6) is 0.433. The summed E-state index contributed by atoms with van der Waals surface area (Å²) in [6, 6.07) is -0.251. The minimum atomic E-state index is -0.251. The monoisotopic (exact) mass is 243 g/mol. The van der Waals surface area contributed by atoms with Gasteiger partial charge in [-0.15, -0.1) is 0 Å². The third-order valence-electron chi connectivity index (χ3n) is 3.61. The molecule has 0 radical (unpaired) electrons. The summed E-state index contributed by atoms with van der Waals surface area (Å²) in [7, 11) is 3.18. The van der Waals surface area contributed by atoms with E-state index in [-0.39, 0.29) is 12.0 Å². The number of hydrogen-bond donors (Lipinski definition) is 1. The van der Waals surface area contributed by atoms with Gasteiger partial charge >= 0.3 is 5.97 Å². The fraction of sp³-hybridized carbons (Fsp3) is 0.923. The number of esters is 1. The van der Waals surface area contributed by atoms with E-state index in [1.54, 1.807) is 7.05 Å². The molecule has 1 fully saturated rings. The van der Waals surface area contributed by atoms with Crippen LogP contribution in [0.1, 0.15) is 39.0 Å². The van der Waals surface area contributed by atoms with E-state index in [2.05, 4.69) is 12.2 Å². The fourth-order valence-corrected chi connectivity index (χ4v) is 2.39. The maximum Gasteiger partial charge on any atom is 0.322 e. The average Bonchev–Trinajstić information content (AvgIpc) is 2.36. The van der Waals surface area contributed by atoms with Crippen molar-refractivity contribution >= 4 is 5.97 Å². The van der Waals surface area contributed by atoms with E-state index in [0.29, 0.717) is 25.0 Å². The molecular weight excluding hydrogens is 218 g/mol. The van der Waals surface area contributed by atoms with Gasteiger partial charge in [0, 0.05) is 6.61 Å². The first-order valence-corrected chi connectivity index (χ1v) is 6.55. The molecule has 100 valence electrons. The molecule has 1 N–H and O–H groups in total. The maximum atomic E-state index is 11.3. The summed E-state index contributed by atoms with van der Waals surface area (Å²) in [6.45, 7) is 2.87. The van der Waals surface area contributed by atoms with Crippen molar-refractivity contribution in [1.82, 2.24) is 5.32 Å². The van der Waals surface area contributed by atoms with E-state index >= 15 is 0 Å². The first-order chi connectivity index (χ1) is 8.19. The molecule has 1 aliphatic carbocycles. The van der Waals surface area contributed by atoms with Gasteiger partial charge in [-0.05, 0) is 32.2 Å². The van der Waals surface area contributed by atoms with Gasteiger partial charge < -0.3 is 14.8 Å². The van der Waals surface area contributed by atoms with Crippen molar-refractivity contribution in [2.24, 2.45) is 5.92 Å². The minimum absolute atomic E-state index is 0.215. The zero-order valence-electron chi connectivity index (χ0n) is 11.2. The van der Waals surface area contributed by atoms with Gasteiger partial charge in [0.2, 0.25) is 0 Å². The quantitative estimate of drug-likeness (QED) is 0.722. The summed E-state index contributed by atoms with van der Waals surface area (Å²) in [5, 5.41) is 2.95. The van der Waals surface area contributed by atoms with Crippen LogP contribution in [0.3, 0.4) is 0 Å². The lowest BCUT2D eigenvalue weighted by Gasteiger charge is -2.29. The van der Waals surface area contributed by atoms with Crippen molar-refractivity contribution in [2.75, 3.05) is 20.8 Å². The molecule has 0 saturated heterocycles. The molecule has 1 aliphatic rings. The Balaban J connectivity index is 2.23. The highest BCUT2D eigenvalue weighted by atomic mass is 16.5. The normalized spacial score (nSPS) is 26.5. The molecule has 0 bridgehead atoms. The SMILES string of the molecule is CNC(CCOC1CCCCC1C)C(=O)OC. The lowest BCUT2D eigenvalue weighted by molar-refractivity contribution is -0.143. The van der Waals surface area contributed by atoms with Crippen LogP contribution in [0.25, 0.3) is 0 Å². The predicted octanol–water partition coefficient (Wildman–Crippen LogP) is 1.73. The summed E-state index contributed by atoms with van der Waals surface area (Å²) >= 11 is 0. The molecule has 17 heavy (non-hydrogen) atoms. The standard InChI is InChI=1S/C13H25NO3/c1-10-6-4-5-7-12(10)17-9-8-11(14-2)13(15)16-3/h10-12,14H,4-9H2,1-3H3. The lowest BCUT2D eigenvalue weighted by atomic mass is 9.88. The molecule has 0 aromatic heterocycles. The van der Waals surface area contributed by atoms with Crippen LogP contribution in [0.4, 0.5) is 0 Å². The van der Waals surface area contributed by atoms with Crippen molar-refractivity contribution in [3.63, 3.8) is 0 Å². The van der Waals surface area contributed by atoms with Gasteiger partial charge in [-0.3, -0.25) is 4.79 Å². The Morgan fingerprint density at radius 1 is 1.41 bits per heavy atom. The van der Waals surface area contributed by atoms with E-state index in [9.17, 15) is 4.79 Å². The van der Waals surface area contributed by atoms with Gasteiger partial charge in [0.15, 0.2) is 0 Å². The molecular formula is C13H25NO3. The molecule has 3 unspecified atom stereocenters. The average molecular weight is 243 g/mol. The Labute approximate surface area is 104 Å². The van der Waals surface area contributed by atoms with Gasteiger partial charge in [-0.25, -0.2) is 0 Å². The Morgan fingerprint density at radius 2 is 2.12 bits per heavy atom. The molecule has 0 amide bonds. The van der Waals surface area contributed by atoms with Crippen molar-refractivity contribution in [2.45, 2.75) is 51.2 Å². The zero-order valence-corrected chi connectivity index (χ0v) is 11.2. The van der Waals surface area contributed by atoms with Crippen LogP contribution in [0.2, 0.25) is 0 Å². The van der Waals surface area contributed by atoms with Crippen LogP contribution in [0, 0.1) is 5.92 Å². The Morgan fingerprint density at radius 3 is 2.71 bits per heavy atom. The first kappa shape index (κ1) is 14.5. The van der Waals surface area contributed by atoms with Crippen molar-refractivity contribution < 1.29 is 14.3 Å². The Hall–Kier alpha value is -0.610. The van der Waals surface area contributed by atoms with Gasteiger partial charge in [-0.1, -0.05) is 19.8 Å². The lowest BCUT2D eigenvalue weighted by Crippen LogP contribution is -2.37. The topological polar surface area (TPSA) is 47.6 Å². The number of hydrogen-bond acceptors (Lipinski definition) is 4. The molecule has 1 rings (SSSR count). The van der Waals surface area contributed by atoms with Crippen LogP contribution >= 0.6 is 0 Å². The molecule has 3 atom stereocenters. The summed E-state index contributed by atoms with van der Waals surface area (Å²) in [4.78, 5) is 11.3. The first-order valence-electron chi connectivity index (χ1n) is 6.55. The molecule has 0 aliphatic heterocycles. The van der Waals surface area contributed by atoms with Crippen molar-refractivity contribution in [3.05, 3.63) is 0 Å². The number of methoxy groups -OCH3 is 1. The smallest absolute Gasteiger partial charge is 0.322 e. The molecule has 4 nitrogen and oxygen atoms in total. The number of rotatable bonds is 6. The minimum Gasteiger partial charge on any atom is -0.468 e. The largest absolute Gasteiger partial charge is 0.468 e. The fourth-order valence-electron chi connectivity index (χ4n) is 2.39. The van der Waals surface area contributed by atoms with Gasteiger partial charge in [-0.2, -0.15) is 0 Å². The number of carbonyl (C=O) groups is 1. The third-order valence-corrected chi connectivity index (χ3v) is 3.61. The predicted molar refractivity (Wildman–Crippen MR) is 66.9 cm³/mol. The molecule has 0 heterocycles. The number of nitrogens with one attached hydrogen (secondary N) is 1. The summed E-state index contributed by atoms with van der Waals surface area (Å²) in [6.07, 6.45) is 6.05. The molecule has 4 heteroatoms. The highest BCUT2D eigenvalue weighted by molar-refractivity contribution is 5.75. The van der Waals surface area contributed by atoms with E-state index in [4.69, 9.17) is 9.47 Å². The van der Waals surface area contributed by atoms with E-state index < -0.39 is 0 Å². The van der Waals surface area contributed by atoms with Gasteiger partial charge in [0.25, 0.3) is 0 Å². The van der Waals surface area contributed by atoms with Crippen LogP contribution in [0.15, 0.2) is 0 Å². The zero-order chi connectivity index (χ0) is 12.7. The Bertz CT molecular complexity index is 233. The molecule has 1 saturated carbocycles. The highest BCUT2D eigenvalue weighted by Gasteiger charge is 2.23. The Kier molecular flexibility index (Phi) is 6.52. The highest BCUT2D eigenvalue weighted by Crippen LogP contribution is 2.26. The molecule has 0 spiro atoms.